The van der Waals surface area contributed by atoms with Crippen LogP contribution in [0.2, 0.25) is 5.02 Å². The van der Waals surface area contributed by atoms with Gasteiger partial charge in [0.25, 0.3) is 0 Å². The van der Waals surface area contributed by atoms with E-state index in [2.05, 4.69) is 5.32 Å². The molecule has 0 bridgehead atoms. The van der Waals surface area contributed by atoms with Gasteiger partial charge in [-0.1, -0.05) is 11.6 Å². The van der Waals surface area contributed by atoms with Crippen LogP contribution < -0.4 is 19.5 Å². The number of hydrogen-bond acceptors (Lipinski definition) is 6. The molecule has 0 aliphatic carbocycles. The zero-order valence-corrected chi connectivity index (χ0v) is 20.0. The van der Waals surface area contributed by atoms with Crippen molar-refractivity contribution in [1.29, 1.82) is 0 Å². The number of fused-ring (bicyclic) bond motifs is 1. The summed E-state index contributed by atoms with van der Waals surface area (Å²) in [6, 6.07) is 9.82. The first-order valence-corrected chi connectivity index (χ1v) is 12.7. The van der Waals surface area contributed by atoms with E-state index in [0.717, 1.165) is 12.0 Å². The third kappa shape index (κ3) is 5.37. The molecule has 1 fully saturated rings. The maximum absolute atomic E-state index is 13.0. The summed E-state index contributed by atoms with van der Waals surface area (Å²) in [5, 5.41) is 3.35. The fourth-order valence-electron chi connectivity index (χ4n) is 3.99. The van der Waals surface area contributed by atoms with Gasteiger partial charge in [-0.15, -0.1) is 0 Å². The molecule has 2 aliphatic rings. The van der Waals surface area contributed by atoms with Gasteiger partial charge in [-0.3, -0.25) is 4.79 Å². The van der Waals surface area contributed by atoms with Crippen molar-refractivity contribution in [3.63, 3.8) is 0 Å². The molecule has 0 unspecified atom stereocenters. The molecule has 1 saturated heterocycles. The van der Waals surface area contributed by atoms with Crippen molar-refractivity contribution in [2.75, 3.05) is 33.4 Å². The third-order valence-electron chi connectivity index (χ3n) is 5.78. The average Bonchev–Trinajstić information content (AvgIpc) is 3.08. The van der Waals surface area contributed by atoms with Gasteiger partial charge in [-0.05, 0) is 54.8 Å². The lowest BCUT2D eigenvalue weighted by molar-refractivity contribution is -0.126. The number of hydrogen-bond donors (Lipinski definition) is 1. The summed E-state index contributed by atoms with van der Waals surface area (Å²) in [6.45, 7) is 1.87. The Morgan fingerprint density at radius 3 is 2.70 bits per heavy atom. The second-order valence-corrected chi connectivity index (χ2v) is 10.4. The Hall–Kier alpha value is -2.49. The molecular weight excluding hydrogens is 468 g/mol. The van der Waals surface area contributed by atoms with Gasteiger partial charge in [0, 0.05) is 26.1 Å². The van der Waals surface area contributed by atoms with Gasteiger partial charge in [-0.2, -0.15) is 4.31 Å². The number of amides is 1. The van der Waals surface area contributed by atoms with Gasteiger partial charge < -0.3 is 19.5 Å². The van der Waals surface area contributed by atoms with Crippen LogP contribution in [0.1, 0.15) is 24.8 Å². The molecule has 178 valence electrons. The fraction of sp³-hybridized carbons (Fsp3) is 0.435. The minimum Gasteiger partial charge on any atom is -0.497 e. The molecule has 4 rings (SSSR count). The topological polar surface area (TPSA) is 94.2 Å². The third-order valence-corrected chi connectivity index (χ3v) is 7.94. The van der Waals surface area contributed by atoms with E-state index in [9.17, 15) is 13.2 Å². The van der Waals surface area contributed by atoms with Crippen LogP contribution in [0.4, 0.5) is 0 Å². The molecule has 2 aliphatic heterocycles. The SMILES string of the molecule is COc1ccc(S(=O)(=O)N2CCC[C@@H](C(=O)NCc3cc(Cl)c4c(c3)OCCCO4)C2)cc1. The van der Waals surface area contributed by atoms with Crippen molar-refractivity contribution < 1.29 is 27.4 Å². The molecule has 0 saturated carbocycles. The predicted molar refractivity (Wildman–Crippen MR) is 123 cm³/mol. The van der Waals surface area contributed by atoms with Crippen LogP contribution in [0.3, 0.4) is 0 Å². The summed E-state index contributed by atoms with van der Waals surface area (Å²) in [6.07, 6.45) is 2.01. The highest BCUT2D eigenvalue weighted by Crippen LogP contribution is 2.38. The number of nitrogens with one attached hydrogen (secondary N) is 1. The maximum Gasteiger partial charge on any atom is 0.243 e. The first-order chi connectivity index (χ1) is 15.9. The maximum atomic E-state index is 13.0. The minimum atomic E-state index is -3.69. The Bertz CT molecular complexity index is 1110. The van der Waals surface area contributed by atoms with Crippen molar-refractivity contribution in [1.82, 2.24) is 9.62 Å². The highest BCUT2D eigenvalue weighted by Gasteiger charge is 2.33. The predicted octanol–water partition coefficient (Wildman–Crippen LogP) is 3.23. The smallest absolute Gasteiger partial charge is 0.243 e. The Morgan fingerprint density at radius 2 is 1.94 bits per heavy atom. The number of methoxy groups -OCH3 is 1. The Morgan fingerprint density at radius 1 is 1.18 bits per heavy atom. The molecule has 10 heteroatoms. The lowest BCUT2D eigenvalue weighted by Gasteiger charge is -2.31. The molecule has 1 amide bonds. The van der Waals surface area contributed by atoms with E-state index < -0.39 is 15.9 Å². The lowest BCUT2D eigenvalue weighted by atomic mass is 9.98. The number of rotatable bonds is 6. The fourth-order valence-corrected chi connectivity index (χ4v) is 5.80. The second-order valence-electron chi connectivity index (χ2n) is 8.05. The number of sulfonamides is 1. The second kappa shape index (κ2) is 10.2. The Balaban J connectivity index is 1.40. The Labute approximate surface area is 198 Å². The van der Waals surface area contributed by atoms with Crippen LogP contribution in [0, 0.1) is 5.92 Å². The molecule has 0 aromatic heterocycles. The highest BCUT2D eigenvalue weighted by molar-refractivity contribution is 7.89. The van der Waals surface area contributed by atoms with Crippen LogP contribution in [-0.4, -0.2) is 52.0 Å². The van der Waals surface area contributed by atoms with Crippen molar-refractivity contribution in [2.45, 2.75) is 30.7 Å². The minimum absolute atomic E-state index is 0.141. The number of carbonyl (C=O) groups excluding carboxylic acids is 1. The van der Waals surface area contributed by atoms with Crippen LogP contribution in [0.5, 0.6) is 17.2 Å². The standard InChI is InChI=1S/C23H27ClN2O6S/c1-30-18-5-7-19(8-6-18)33(28,29)26-9-2-4-17(15-26)23(27)25-14-16-12-20(24)22-21(13-16)31-10-3-11-32-22/h5-8,12-13,17H,2-4,9-11,14-15H2,1H3,(H,25,27)/t17-/m1/s1. The largest absolute Gasteiger partial charge is 0.497 e. The van der Waals surface area contributed by atoms with Crippen LogP contribution in [-0.2, 0) is 21.4 Å². The Kier molecular flexibility index (Phi) is 7.31. The number of nitrogens with zero attached hydrogens (tertiary/aromatic N) is 1. The molecule has 0 radical (unpaired) electrons. The molecule has 1 N–H and O–H groups in total. The molecule has 2 aromatic carbocycles. The van der Waals surface area contributed by atoms with E-state index >= 15 is 0 Å². The van der Waals surface area contributed by atoms with Crippen molar-refractivity contribution in [3.05, 3.63) is 47.0 Å². The van der Waals surface area contributed by atoms with Gasteiger partial charge in [0.15, 0.2) is 11.5 Å². The zero-order valence-electron chi connectivity index (χ0n) is 18.4. The lowest BCUT2D eigenvalue weighted by Crippen LogP contribution is -2.45. The number of halogens is 1. The van der Waals surface area contributed by atoms with Crippen molar-refractivity contribution >= 4 is 27.5 Å². The number of carbonyl (C=O) groups is 1. The van der Waals surface area contributed by atoms with Gasteiger partial charge in [0.2, 0.25) is 15.9 Å². The van der Waals surface area contributed by atoms with E-state index in [1.54, 1.807) is 18.2 Å². The summed E-state index contributed by atoms with van der Waals surface area (Å²) in [7, 11) is -2.16. The van der Waals surface area contributed by atoms with Crippen molar-refractivity contribution in [2.24, 2.45) is 5.92 Å². The highest BCUT2D eigenvalue weighted by atomic mass is 35.5. The van der Waals surface area contributed by atoms with Crippen molar-refractivity contribution in [3.8, 4) is 17.2 Å². The normalized spacial score (nSPS) is 18.9. The quantitative estimate of drug-likeness (QED) is 0.662. The first-order valence-electron chi connectivity index (χ1n) is 10.9. The summed E-state index contributed by atoms with van der Waals surface area (Å²) in [4.78, 5) is 13.0. The summed E-state index contributed by atoms with van der Waals surface area (Å²) in [5.41, 5.74) is 0.788. The van der Waals surface area contributed by atoms with E-state index in [1.807, 2.05) is 6.07 Å². The van der Waals surface area contributed by atoms with E-state index in [0.29, 0.717) is 54.9 Å². The number of ether oxygens (including phenoxy) is 3. The van der Waals surface area contributed by atoms with Crippen LogP contribution in [0.25, 0.3) is 0 Å². The molecule has 2 heterocycles. The molecule has 8 nitrogen and oxygen atoms in total. The average molecular weight is 495 g/mol. The van der Waals surface area contributed by atoms with Crippen LogP contribution in [0.15, 0.2) is 41.3 Å². The summed E-state index contributed by atoms with van der Waals surface area (Å²) in [5.74, 6) is 1.06. The van der Waals surface area contributed by atoms with Crippen LogP contribution >= 0.6 is 11.6 Å². The number of piperidine rings is 1. The summed E-state index contributed by atoms with van der Waals surface area (Å²) < 4.78 is 43.9. The zero-order chi connectivity index (χ0) is 23.4. The van der Waals surface area contributed by atoms with E-state index in [-0.39, 0.29) is 23.9 Å². The van der Waals surface area contributed by atoms with Gasteiger partial charge >= 0.3 is 0 Å². The van der Waals surface area contributed by atoms with E-state index in [1.165, 1.54) is 23.5 Å². The molecule has 2 aromatic rings. The molecular formula is C23H27ClN2O6S. The number of benzene rings is 2. The molecule has 0 spiro atoms. The molecule has 1 atom stereocenters. The monoisotopic (exact) mass is 494 g/mol. The van der Waals surface area contributed by atoms with Gasteiger partial charge in [0.05, 0.1) is 36.2 Å². The van der Waals surface area contributed by atoms with Gasteiger partial charge in [-0.25, -0.2) is 8.42 Å². The van der Waals surface area contributed by atoms with E-state index in [4.69, 9.17) is 25.8 Å². The summed E-state index contributed by atoms with van der Waals surface area (Å²) >= 11 is 6.33. The van der Waals surface area contributed by atoms with Gasteiger partial charge in [0.1, 0.15) is 5.75 Å². The first kappa shape index (κ1) is 23.7. The molecule has 33 heavy (non-hydrogen) atoms.